The summed E-state index contributed by atoms with van der Waals surface area (Å²) < 4.78 is 28.4. The minimum atomic E-state index is -3.67. The van der Waals surface area contributed by atoms with E-state index in [9.17, 15) is 13.2 Å². The standard InChI is InChI=1S/C21H24N4O3S/c1-16(2)24(3)29(27,28)19-11-7-10-18(14-19)21(26)23-20-12-13-22-25(20)15-17-8-5-4-6-9-17/h4-14,16H,15H2,1-3H3,(H,23,26). The molecule has 29 heavy (non-hydrogen) atoms. The molecule has 2 aromatic carbocycles. The summed E-state index contributed by atoms with van der Waals surface area (Å²) in [5.41, 5.74) is 1.31. The second kappa shape index (κ2) is 8.59. The van der Waals surface area contributed by atoms with E-state index in [-0.39, 0.29) is 16.5 Å². The molecule has 1 aromatic heterocycles. The highest BCUT2D eigenvalue weighted by molar-refractivity contribution is 7.89. The Morgan fingerprint density at radius 2 is 1.83 bits per heavy atom. The molecule has 0 aliphatic rings. The lowest BCUT2D eigenvalue weighted by Gasteiger charge is -2.21. The SMILES string of the molecule is CC(C)N(C)S(=O)(=O)c1cccc(C(=O)Nc2ccnn2Cc2ccccc2)c1. The van der Waals surface area contributed by atoms with Gasteiger partial charge in [0, 0.05) is 24.7 Å². The first-order chi connectivity index (χ1) is 13.8. The van der Waals surface area contributed by atoms with E-state index in [4.69, 9.17) is 0 Å². The number of hydrogen-bond donors (Lipinski definition) is 1. The van der Waals surface area contributed by atoms with Gasteiger partial charge in [0.15, 0.2) is 0 Å². The lowest BCUT2D eigenvalue weighted by atomic mass is 10.2. The fourth-order valence-electron chi connectivity index (χ4n) is 2.75. The summed E-state index contributed by atoms with van der Waals surface area (Å²) >= 11 is 0. The van der Waals surface area contributed by atoms with Crippen LogP contribution >= 0.6 is 0 Å². The van der Waals surface area contributed by atoms with Crippen LogP contribution < -0.4 is 5.32 Å². The van der Waals surface area contributed by atoms with Crippen molar-refractivity contribution in [2.24, 2.45) is 0 Å². The zero-order chi connectivity index (χ0) is 21.0. The van der Waals surface area contributed by atoms with Gasteiger partial charge in [0.25, 0.3) is 5.91 Å². The summed E-state index contributed by atoms with van der Waals surface area (Å²) in [6.45, 7) is 4.10. The maximum Gasteiger partial charge on any atom is 0.256 e. The molecule has 1 amide bonds. The van der Waals surface area contributed by atoms with Gasteiger partial charge < -0.3 is 5.32 Å². The zero-order valence-electron chi connectivity index (χ0n) is 16.6. The molecule has 0 saturated carbocycles. The van der Waals surface area contributed by atoms with Gasteiger partial charge in [0.2, 0.25) is 10.0 Å². The predicted molar refractivity (Wildman–Crippen MR) is 112 cm³/mol. The van der Waals surface area contributed by atoms with Crippen molar-refractivity contribution in [1.82, 2.24) is 14.1 Å². The number of anilines is 1. The monoisotopic (exact) mass is 412 g/mol. The molecule has 0 unspecified atom stereocenters. The van der Waals surface area contributed by atoms with E-state index >= 15 is 0 Å². The van der Waals surface area contributed by atoms with Crippen LogP contribution in [0.25, 0.3) is 0 Å². The summed E-state index contributed by atoms with van der Waals surface area (Å²) in [5.74, 6) is 0.135. The number of benzene rings is 2. The Bertz CT molecular complexity index is 1090. The Labute approximate surface area is 171 Å². The molecule has 0 aliphatic heterocycles. The molecule has 0 atom stereocenters. The third-order valence-corrected chi connectivity index (χ3v) is 6.66. The van der Waals surface area contributed by atoms with Crippen LogP contribution in [0.3, 0.4) is 0 Å². The van der Waals surface area contributed by atoms with Crippen molar-refractivity contribution >= 4 is 21.7 Å². The number of nitrogens with zero attached hydrogens (tertiary/aromatic N) is 3. The number of amides is 1. The number of aromatic nitrogens is 2. The average Bonchev–Trinajstić information content (AvgIpc) is 3.14. The van der Waals surface area contributed by atoms with Gasteiger partial charge in [-0.25, -0.2) is 13.1 Å². The van der Waals surface area contributed by atoms with Crippen molar-refractivity contribution in [3.8, 4) is 0 Å². The minimum absolute atomic E-state index is 0.0825. The van der Waals surface area contributed by atoms with Gasteiger partial charge in [0.1, 0.15) is 5.82 Å². The first-order valence-electron chi connectivity index (χ1n) is 9.24. The molecular weight excluding hydrogens is 388 g/mol. The summed E-state index contributed by atoms with van der Waals surface area (Å²) in [5, 5.41) is 7.07. The van der Waals surface area contributed by atoms with Crippen molar-refractivity contribution in [3.63, 3.8) is 0 Å². The average molecular weight is 413 g/mol. The van der Waals surface area contributed by atoms with E-state index in [1.165, 1.54) is 23.5 Å². The summed E-state index contributed by atoms with van der Waals surface area (Å²) in [7, 11) is -2.15. The smallest absolute Gasteiger partial charge is 0.256 e. The molecule has 0 aliphatic carbocycles. The maximum atomic E-state index is 12.7. The molecule has 3 aromatic rings. The largest absolute Gasteiger partial charge is 0.307 e. The Morgan fingerprint density at radius 1 is 1.10 bits per heavy atom. The van der Waals surface area contributed by atoms with Crippen LogP contribution in [0.4, 0.5) is 5.82 Å². The first kappa shape index (κ1) is 20.8. The molecule has 7 nitrogen and oxygen atoms in total. The van der Waals surface area contributed by atoms with E-state index in [0.717, 1.165) is 5.56 Å². The number of sulfonamides is 1. The molecular formula is C21H24N4O3S. The van der Waals surface area contributed by atoms with Crippen molar-refractivity contribution < 1.29 is 13.2 Å². The van der Waals surface area contributed by atoms with E-state index in [0.29, 0.717) is 12.4 Å². The van der Waals surface area contributed by atoms with Gasteiger partial charge in [-0.1, -0.05) is 36.4 Å². The van der Waals surface area contributed by atoms with Crippen LogP contribution in [-0.2, 0) is 16.6 Å². The van der Waals surface area contributed by atoms with Crippen molar-refractivity contribution in [3.05, 3.63) is 78.0 Å². The van der Waals surface area contributed by atoms with Crippen LogP contribution in [0, 0.1) is 0 Å². The van der Waals surface area contributed by atoms with Crippen LogP contribution in [0.2, 0.25) is 0 Å². The van der Waals surface area contributed by atoms with Gasteiger partial charge >= 0.3 is 0 Å². The van der Waals surface area contributed by atoms with Crippen LogP contribution in [0.15, 0.2) is 71.8 Å². The number of hydrogen-bond acceptors (Lipinski definition) is 4. The summed E-state index contributed by atoms with van der Waals surface area (Å²) in [6, 6.07) is 17.3. The molecule has 0 fully saturated rings. The van der Waals surface area contributed by atoms with E-state index in [1.54, 1.807) is 42.9 Å². The Balaban J connectivity index is 1.80. The van der Waals surface area contributed by atoms with Gasteiger partial charge in [-0.05, 0) is 37.6 Å². The van der Waals surface area contributed by atoms with Gasteiger partial charge in [0.05, 0.1) is 17.6 Å². The molecule has 152 valence electrons. The van der Waals surface area contributed by atoms with Gasteiger partial charge in [-0.15, -0.1) is 0 Å². The zero-order valence-corrected chi connectivity index (χ0v) is 17.4. The molecule has 1 heterocycles. The van der Waals surface area contributed by atoms with Gasteiger partial charge in [-0.3, -0.25) is 4.79 Å². The molecule has 0 saturated heterocycles. The molecule has 0 bridgehead atoms. The summed E-state index contributed by atoms with van der Waals surface area (Å²) in [6.07, 6.45) is 1.61. The first-order valence-corrected chi connectivity index (χ1v) is 10.7. The van der Waals surface area contributed by atoms with E-state index in [1.807, 2.05) is 30.3 Å². The highest BCUT2D eigenvalue weighted by Gasteiger charge is 2.24. The lowest BCUT2D eigenvalue weighted by Crippen LogP contribution is -2.33. The molecule has 1 N–H and O–H groups in total. The fraction of sp³-hybridized carbons (Fsp3) is 0.238. The highest BCUT2D eigenvalue weighted by atomic mass is 32.2. The normalized spacial score (nSPS) is 11.8. The number of carbonyl (C=O) groups excluding carboxylic acids is 1. The van der Waals surface area contributed by atoms with Crippen LogP contribution in [-0.4, -0.2) is 41.5 Å². The van der Waals surface area contributed by atoms with Crippen LogP contribution in [0.5, 0.6) is 0 Å². The number of nitrogens with one attached hydrogen (secondary N) is 1. The third kappa shape index (κ3) is 4.72. The molecule has 0 radical (unpaired) electrons. The van der Waals surface area contributed by atoms with Crippen LogP contribution in [0.1, 0.15) is 29.8 Å². The van der Waals surface area contributed by atoms with E-state index < -0.39 is 15.9 Å². The van der Waals surface area contributed by atoms with E-state index in [2.05, 4.69) is 10.4 Å². The van der Waals surface area contributed by atoms with Crippen molar-refractivity contribution in [2.45, 2.75) is 31.3 Å². The molecule has 3 rings (SSSR count). The molecule has 0 spiro atoms. The predicted octanol–water partition coefficient (Wildman–Crippen LogP) is 3.21. The van der Waals surface area contributed by atoms with Crippen molar-refractivity contribution in [2.75, 3.05) is 12.4 Å². The Hall–Kier alpha value is -2.97. The fourth-order valence-corrected chi connectivity index (χ4v) is 4.17. The Morgan fingerprint density at radius 3 is 2.52 bits per heavy atom. The van der Waals surface area contributed by atoms with Gasteiger partial charge in [-0.2, -0.15) is 9.40 Å². The number of rotatable bonds is 7. The molecule has 8 heteroatoms. The Kier molecular flexibility index (Phi) is 6.14. The minimum Gasteiger partial charge on any atom is -0.307 e. The number of carbonyl (C=O) groups is 1. The second-order valence-corrected chi connectivity index (χ2v) is 8.95. The second-order valence-electron chi connectivity index (χ2n) is 6.96. The third-order valence-electron chi connectivity index (χ3n) is 4.63. The lowest BCUT2D eigenvalue weighted by molar-refractivity contribution is 0.102. The quantitative estimate of drug-likeness (QED) is 0.646. The summed E-state index contributed by atoms with van der Waals surface area (Å²) in [4.78, 5) is 12.8. The highest BCUT2D eigenvalue weighted by Crippen LogP contribution is 2.19. The maximum absolute atomic E-state index is 12.7. The topological polar surface area (TPSA) is 84.3 Å². The van der Waals surface area contributed by atoms with Crippen molar-refractivity contribution in [1.29, 1.82) is 0 Å².